The molecule has 90 valence electrons. The first-order valence-electron chi connectivity index (χ1n) is 5.30. The van der Waals surface area contributed by atoms with Gasteiger partial charge in [0.2, 0.25) is 10.0 Å². The second-order valence-electron chi connectivity index (χ2n) is 4.15. The first kappa shape index (κ1) is 11.6. The zero-order valence-electron chi connectivity index (χ0n) is 9.20. The van der Waals surface area contributed by atoms with Gasteiger partial charge in [-0.05, 0) is 18.9 Å². The summed E-state index contributed by atoms with van der Waals surface area (Å²) in [6.07, 6.45) is 3.99. The molecule has 6 heteroatoms. The first-order valence-corrected chi connectivity index (χ1v) is 6.74. The zero-order valence-corrected chi connectivity index (χ0v) is 10.0. The van der Waals surface area contributed by atoms with Crippen molar-refractivity contribution in [3.63, 3.8) is 0 Å². The minimum Gasteiger partial charge on any atom is -0.393 e. The maximum atomic E-state index is 12.1. The van der Waals surface area contributed by atoms with Crippen molar-refractivity contribution in [1.29, 1.82) is 0 Å². The smallest absolute Gasteiger partial charge is 0.244 e. The van der Waals surface area contributed by atoms with Crippen LogP contribution in [-0.2, 0) is 17.1 Å². The van der Waals surface area contributed by atoms with Gasteiger partial charge in [0.15, 0.2) is 0 Å². The number of aryl methyl sites for hydroxylation is 1. The third-order valence-electron chi connectivity index (χ3n) is 2.87. The molecule has 1 aliphatic rings. The Labute approximate surface area is 95.3 Å². The molecule has 0 atom stereocenters. The molecule has 1 fully saturated rings. The summed E-state index contributed by atoms with van der Waals surface area (Å²) in [6, 6.07) is 1.60. The van der Waals surface area contributed by atoms with Crippen LogP contribution in [-0.4, -0.2) is 41.6 Å². The van der Waals surface area contributed by atoms with E-state index in [0.29, 0.717) is 30.8 Å². The number of hydrogen-bond donors (Lipinski definition) is 1. The van der Waals surface area contributed by atoms with Gasteiger partial charge in [-0.15, -0.1) is 0 Å². The zero-order chi connectivity index (χ0) is 11.8. The van der Waals surface area contributed by atoms with Gasteiger partial charge < -0.3 is 9.67 Å². The van der Waals surface area contributed by atoms with Crippen molar-refractivity contribution in [3.05, 3.63) is 18.5 Å². The molecule has 1 N–H and O–H groups in total. The number of aliphatic hydroxyl groups is 1. The molecule has 0 aliphatic carbocycles. The van der Waals surface area contributed by atoms with Crippen LogP contribution in [0.3, 0.4) is 0 Å². The molecule has 1 aromatic heterocycles. The van der Waals surface area contributed by atoms with Crippen LogP contribution in [0.25, 0.3) is 0 Å². The van der Waals surface area contributed by atoms with E-state index in [1.807, 2.05) is 0 Å². The van der Waals surface area contributed by atoms with Gasteiger partial charge in [-0.25, -0.2) is 8.42 Å². The molecule has 0 amide bonds. The van der Waals surface area contributed by atoms with E-state index < -0.39 is 10.0 Å². The largest absolute Gasteiger partial charge is 0.393 e. The molecular formula is C10H16N2O3S. The van der Waals surface area contributed by atoms with Crippen LogP contribution in [0.2, 0.25) is 0 Å². The molecule has 1 aromatic rings. The number of sulfonamides is 1. The van der Waals surface area contributed by atoms with Gasteiger partial charge in [-0.2, -0.15) is 4.31 Å². The molecule has 0 aromatic carbocycles. The number of rotatable bonds is 2. The highest BCUT2D eigenvalue weighted by molar-refractivity contribution is 7.89. The molecule has 2 rings (SSSR count). The van der Waals surface area contributed by atoms with Gasteiger partial charge in [0, 0.05) is 32.5 Å². The number of hydrogen-bond acceptors (Lipinski definition) is 3. The van der Waals surface area contributed by atoms with Gasteiger partial charge in [0.1, 0.15) is 0 Å². The van der Waals surface area contributed by atoms with E-state index >= 15 is 0 Å². The molecule has 1 aliphatic heterocycles. The predicted octanol–water partition coefficient (Wildman–Crippen LogP) is 0.170. The highest BCUT2D eigenvalue weighted by Gasteiger charge is 2.28. The average Bonchev–Trinajstić information content (AvgIpc) is 2.66. The van der Waals surface area contributed by atoms with E-state index in [-0.39, 0.29) is 6.10 Å². The Balaban J connectivity index is 2.20. The van der Waals surface area contributed by atoms with E-state index in [2.05, 4.69) is 0 Å². The van der Waals surface area contributed by atoms with Crippen molar-refractivity contribution in [2.75, 3.05) is 13.1 Å². The molecule has 5 nitrogen and oxygen atoms in total. The molecule has 0 bridgehead atoms. The number of aliphatic hydroxyl groups excluding tert-OH is 1. The fourth-order valence-corrected chi connectivity index (χ4v) is 3.38. The number of nitrogens with zero attached hydrogens (tertiary/aromatic N) is 2. The number of aromatic nitrogens is 1. The fourth-order valence-electron chi connectivity index (χ4n) is 1.86. The molecule has 16 heavy (non-hydrogen) atoms. The lowest BCUT2D eigenvalue weighted by molar-refractivity contribution is 0.113. The van der Waals surface area contributed by atoms with E-state index in [1.54, 1.807) is 30.1 Å². The third-order valence-corrected chi connectivity index (χ3v) is 4.75. The summed E-state index contributed by atoms with van der Waals surface area (Å²) in [4.78, 5) is 0.325. The third kappa shape index (κ3) is 2.14. The molecular weight excluding hydrogens is 228 g/mol. The second kappa shape index (κ2) is 4.20. The Morgan fingerprint density at radius 3 is 2.50 bits per heavy atom. The average molecular weight is 244 g/mol. The topological polar surface area (TPSA) is 62.5 Å². The summed E-state index contributed by atoms with van der Waals surface area (Å²) in [5, 5.41) is 9.34. The van der Waals surface area contributed by atoms with Crippen molar-refractivity contribution in [2.24, 2.45) is 7.05 Å². The summed E-state index contributed by atoms with van der Waals surface area (Å²) in [7, 11) is -1.57. The Morgan fingerprint density at radius 1 is 1.38 bits per heavy atom. The van der Waals surface area contributed by atoms with Crippen LogP contribution in [0.4, 0.5) is 0 Å². The number of piperidine rings is 1. The summed E-state index contributed by atoms with van der Waals surface area (Å²) < 4.78 is 27.4. The van der Waals surface area contributed by atoms with Crippen LogP contribution in [0, 0.1) is 0 Å². The lowest BCUT2D eigenvalue weighted by atomic mass is 10.1. The van der Waals surface area contributed by atoms with Crippen LogP contribution in [0.1, 0.15) is 12.8 Å². The molecule has 0 spiro atoms. The summed E-state index contributed by atoms with van der Waals surface area (Å²) in [5.74, 6) is 0. The Morgan fingerprint density at radius 2 is 2.00 bits per heavy atom. The second-order valence-corrected chi connectivity index (χ2v) is 6.09. The minimum absolute atomic E-state index is 0.325. The normalized spacial score (nSPS) is 20.1. The van der Waals surface area contributed by atoms with Crippen molar-refractivity contribution >= 4 is 10.0 Å². The molecule has 0 saturated carbocycles. The lowest BCUT2D eigenvalue weighted by Crippen LogP contribution is -2.39. The minimum atomic E-state index is -3.36. The Hall–Kier alpha value is -0.850. The summed E-state index contributed by atoms with van der Waals surface area (Å²) >= 11 is 0. The summed E-state index contributed by atoms with van der Waals surface area (Å²) in [6.45, 7) is 0.802. The van der Waals surface area contributed by atoms with Gasteiger partial charge in [-0.1, -0.05) is 0 Å². The van der Waals surface area contributed by atoms with Crippen molar-refractivity contribution < 1.29 is 13.5 Å². The van der Waals surface area contributed by atoms with Crippen LogP contribution < -0.4 is 0 Å². The lowest BCUT2D eigenvalue weighted by Gasteiger charge is -2.28. The van der Waals surface area contributed by atoms with Crippen molar-refractivity contribution in [1.82, 2.24) is 8.87 Å². The van der Waals surface area contributed by atoms with Crippen LogP contribution in [0.5, 0.6) is 0 Å². The van der Waals surface area contributed by atoms with E-state index in [9.17, 15) is 13.5 Å². The standard InChI is InChI=1S/C10H16N2O3S/c1-11-5-4-10(8-11)16(14,15)12-6-2-9(13)3-7-12/h4-5,8-9,13H,2-3,6-7H2,1H3. The van der Waals surface area contributed by atoms with Crippen molar-refractivity contribution in [3.8, 4) is 0 Å². The Bertz CT molecular complexity index is 458. The summed E-state index contributed by atoms with van der Waals surface area (Å²) in [5.41, 5.74) is 0. The van der Waals surface area contributed by atoms with E-state index in [4.69, 9.17) is 0 Å². The van der Waals surface area contributed by atoms with Crippen LogP contribution >= 0.6 is 0 Å². The predicted molar refractivity (Wildman–Crippen MR) is 59.4 cm³/mol. The SMILES string of the molecule is Cn1ccc(S(=O)(=O)N2CCC(O)CC2)c1. The van der Waals surface area contributed by atoms with E-state index in [0.717, 1.165) is 0 Å². The first-order chi connectivity index (χ1) is 7.50. The molecule has 0 unspecified atom stereocenters. The molecule has 0 radical (unpaired) electrons. The molecule has 1 saturated heterocycles. The van der Waals surface area contributed by atoms with Gasteiger partial charge in [0.25, 0.3) is 0 Å². The van der Waals surface area contributed by atoms with E-state index in [1.165, 1.54) is 4.31 Å². The molecule has 2 heterocycles. The quantitative estimate of drug-likeness (QED) is 0.806. The van der Waals surface area contributed by atoms with Crippen LogP contribution in [0.15, 0.2) is 23.4 Å². The van der Waals surface area contributed by atoms with Gasteiger partial charge in [0.05, 0.1) is 11.0 Å². The highest BCUT2D eigenvalue weighted by Crippen LogP contribution is 2.20. The monoisotopic (exact) mass is 244 g/mol. The fraction of sp³-hybridized carbons (Fsp3) is 0.600. The maximum absolute atomic E-state index is 12.1. The Kier molecular flexibility index (Phi) is 3.05. The van der Waals surface area contributed by atoms with Gasteiger partial charge in [-0.3, -0.25) is 0 Å². The van der Waals surface area contributed by atoms with Gasteiger partial charge >= 0.3 is 0 Å². The van der Waals surface area contributed by atoms with Crippen molar-refractivity contribution in [2.45, 2.75) is 23.8 Å². The highest BCUT2D eigenvalue weighted by atomic mass is 32.2. The maximum Gasteiger partial charge on any atom is 0.244 e.